The second-order valence-electron chi connectivity index (χ2n) is 4.23. The molecule has 0 aliphatic carbocycles. The maximum atomic E-state index is 12.2. The molecular weight excluding hydrogens is 290 g/mol. The molecule has 0 saturated heterocycles. The van der Waals surface area contributed by atoms with Gasteiger partial charge in [0.05, 0.1) is 5.56 Å². The third-order valence-corrected chi connectivity index (χ3v) is 4.03. The number of hydrogen-bond acceptors (Lipinski definition) is 5. The largest absolute Gasteiger partial charge is 0.379 e. The van der Waals surface area contributed by atoms with Crippen molar-refractivity contribution in [3.63, 3.8) is 0 Å². The van der Waals surface area contributed by atoms with Crippen molar-refractivity contribution in [1.29, 1.82) is 5.26 Å². The van der Waals surface area contributed by atoms with Crippen molar-refractivity contribution in [2.24, 2.45) is 0 Å². The molecule has 6 heteroatoms. The average molecular weight is 301 g/mol. The van der Waals surface area contributed by atoms with Gasteiger partial charge in [-0.2, -0.15) is 13.7 Å². The number of carbonyl (C=O) groups is 1. The lowest BCUT2D eigenvalue weighted by molar-refractivity contribution is 0.101. The summed E-state index contributed by atoms with van der Waals surface area (Å²) in [5.41, 5.74) is 0.344. The monoisotopic (exact) mass is 301 g/mol. The van der Waals surface area contributed by atoms with Gasteiger partial charge in [-0.3, -0.25) is 4.79 Å². The summed E-state index contributed by atoms with van der Waals surface area (Å²) in [5.74, 6) is -0.175. The van der Waals surface area contributed by atoms with Gasteiger partial charge in [0.15, 0.2) is 5.78 Å². The van der Waals surface area contributed by atoms with Crippen LogP contribution in [0.25, 0.3) is 0 Å². The highest BCUT2D eigenvalue weighted by atomic mass is 32.2. The Kier molecular flexibility index (Phi) is 4.05. The molecule has 0 atom stereocenters. The van der Waals surface area contributed by atoms with E-state index in [1.54, 1.807) is 18.2 Å². The van der Waals surface area contributed by atoms with E-state index in [-0.39, 0.29) is 22.0 Å². The number of rotatable bonds is 4. The van der Waals surface area contributed by atoms with Crippen LogP contribution in [0.15, 0.2) is 53.4 Å². The Labute approximate surface area is 122 Å². The zero-order valence-electron chi connectivity index (χ0n) is 11.1. The molecule has 0 fully saturated rings. The maximum Gasteiger partial charge on any atom is 0.340 e. The molecule has 0 aliphatic heterocycles. The summed E-state index contributed by atoms with van der Waals surface area (Å²) >= 11 is 0. The van der Waals surface area contributed by atoms with Crippen LogP contribution in [0, 0.1) is 11.3 Å². The summed E-state index contributed by atoms with van der Waals surface area (Å²) < 4.78 is 29.4. The highest BCUT2D eigenvalue weighted by molar-refractivity contribution is 7.87. The SMILES string of the molecule is CC(=O)c1cccc(OS(=O)(=O)c2ccccc2C#N)c1. The molecule has 0 amide bonds. The number of hydrogen-bond donors (Lipinski definition) is 0. The normalized spacial score (nSPS) is 10.7. The average Bonchev–Trinajstić information content (AvgIpc) is 2.47. The molecule has 5 nitrogen and oxygen atoms in total. The highest BCUT2D eigenvalue weighted by Crippen LogP contribution is 2.22. The number of carbonyl (C=O) groups excluding carboxylic acids is 1. The van der Waals surface area contributed by atoms with E-state index in [0.717, 1.165) is 0 Å². The first-order valence-electron chi connectivity index (χ1n) is 5.98. The van der Waals surface area contributed by atoms with Gasteiger partial charge in [0.25, 0.3) is 0 Å². The minimum absolute atomic E-state index is 0.000206. The quantitative estimate of drug-likeness (QED) is 0.640. The first kappa shape index (κ1) is 14.8. The van der Waals surface area contributed by atoms with Crippen molar-refractivity contribution in [2.45, 2.75) is 11.8 Å². The third kappa shape index (κ3) is 3.27. The van der Waals surface area contributed by atoms with Crippen molar-refractivity contribution in [2.75, 3.05) is 0 Å². The summed E-state index contributed by atoms with van der Waals surface area (Å²) in [6.45, 7) is 1.37. The van der Waals surface area contributed by atoms with Gasteiger partial charge in [-0.15, -0.1) is 0 Å². The maximum absolute atomic E-state index is 12.2. The van der Waals surface area contributed by atoms with Gasteiger partial charge in [-0.25, -0.2) is 0 Å². The summed E-state index contributed by atoms with van der Waals surface area (Å²) in [5, 5.41) is 8.95. The van der Waals surface area contributed by atoms with E-state index in [0.29, 0.717) is 5.56 Å². The van der Waals surface area contributed by atoms with Crippen molar-refractivity contribution in [1.82, 2.24) is 0 Å². The van der Waals surface area contributed by atoms with Crippen LogP contribution in [-0.4, -0.2) is 14.2 Å². The molecular formula is C15H11NO4S. The fraction of sp³-hybridized carbons (Fsp3) is 0.0667. The number of Topliss-reactive ketones (excluding diaryl/α,β-unsaturated/α-hetero) is 1. The molecule has 0 saturated carbocycles. The Morgan fingerprint density at radius 3 is 2.52 bits per heavy atom. The summed E-state index contributed by atoms with van der Waals surface area (Å²) in [6, 6.07) is 13.4. The van der Waals surface area contributed by atoms with Crippen molar-refractivity contribution in [3.8, 4) is 11.8 Å². The van der Waals surface area contributed by atoms with E-state index in [9.17, 15) is 13.2 Å². The van der Waals surface area contributed by atoms with Crippen LogP contribution in [0.5, 0.6) is 5.75 Å². The van der Waals surface area contributed by atoms with Crippen LogP contribution < -0.4 is 4.18 Å². The molecule has 0 N–H and O–H groups in total. The van der Waals surface area contributed by atoms with Crippen LogP contribution in [0.3, 0.4) is 0 Å². The van der Waals surface area contributed by atoms with Crippen LogP contribution in [-0.2, 0) is 10.1 Å². The molecule has 2 aromatic rings. The number of nitriles is 1. The first-order valence-corrected chi connectivity index (χ1v) is 7.39. The topological polar surface area (TPSA) is 84.2 Å². The fourth-order valence-corrected chi connectivity index (χ4v) is 2.79. The van der Waals surface area contributed by atoms with E-state index in [1.807, 2.05) is 0 Å². The van der Waals surface area contributed by atoms with E-state index in [2.05, 4.69) is 0 Å². The molecule has 0 spiro atoms. The van der Waals surface area contributed by atoms with Gasteiger partial charge < -0.3 is 4.18 Å². The first-order chi connectivity index (χ1) is 9.94. The number of benzene rings is 2. The molecule has 2 aromatic carbocycles. The van der Waals surface area contributed by atoms with Gasteiger partial charge in [-0.1, -0.05) is 24.3 Å². The van der Waals surface area contributed by atoms with Crippen molar-refractivity contribution in [3.05, 3.63) is 59.7 Å². The van der Waals surface area contributed by atoms with Gasteiger partial charge in [0, 0.05) is 5.56 Å². The van der Waals surface area contributed by atoms with Gasteiger partial charge in [0.2, 0.25) is 0 Å². The predicted molar refractivity (Wildman–Crippen MR) is 75.4 cm³/mol. The summed E-state index contributed by atoms with van der Waals surface area (Å²) in [6.07, 6.45) is 0. The van der Waals surface area contributed by atoms with Crippen molar-refractivity contribution >= 4 is 15.9 Å². The minimum Gasteiger partial charge on any atom is -0.379 e. The minimum atomic E-state index is -4.13. The molecule has 0 aromatic heterocycles. The summed E-state index contributed by atoms with van der Waals surface area (Å²) in [7, 11) is -4.13. The Morgan fingerprint density at radius 2 is 1.86 bits per heavy atom. The van der Waals surface area contributed by atoms with Gasteiger partial charge in [-0.05, 0) is 31.2 Å². The lowest BCUT2D eigenvalue weighted by Gasteiger charge is -2.08. The smallest absolute Gasteiger partial charge is 0.340 e. The van der Waals surface area contributed by atoms with E-state index in [1.165, 1.54) is 43.3 Å². The lowest BCUT2D eigenvalue weighted by Crippen LogP contribution is -2.11. The van der Waals surface area contributed by atoms with Crippen LogP contribution in [0.2, 0.25) is 0 Å². The zero-order chi connectivity index (χ0) is 15.5. The van der Waals surface area contributed by atoms with E-state index in [4.69, 9.17) is 9.44 Å². The van der Waals surface area contributed by atoms with E-state index < -0.39 is 10.1 Å². The Bertz CT molecular complexity index is 835. The Balaban J connectivity index is 2.41. The van der Waals surface area contributed by atoms with Crippen LogP contribution in [0.4, 0.5) is 0 Å². The molecule has 0 unspecified atom stereocenters. The molecule has 0 heterocycles. The molecule has 106 valence electrons. The van der Waals surface area contributed by atoms with E-state index >= 15 is 0 Å². The Morgan fingerprint density at radius 1 is 1.14 bits per heavy atom. The zero-order valence-corrected chi connectivity index (χ0v) is 11.9. The molecule has 0 bridgehead atoms. The highest BCUT2D eigenvalue weighted by Gasteiger charge is 2.20. The number of nitrogens with zero attached hydrogens (tertiary/aromatic N) is 1. The van der Waals surface area contributed by atoms with Gasteiger partial charge in [0.1, 0.15) is 16.7 Å². The Hall–Kier alpha value is -2.65. The van der Waals surface area contributed by atoms with Gasteiger partial charge >= 0.3 is 10.1 Å². The third-order valence-electron chi connectivity index (χ3n) is 2.72. The van der Waals surface area contributed by atoms with Crippen molar-refractivity contribution < 1.29 is 17.4 Å². The van der Waals surface area contributed by atoms with Crippen LogP contribution in [0.1, 0.15) is 22.8 Å². The summed E-state index contributed by atoms with van der Waals surface area (Å²) in [4.78, 5) is 11.1. The number of ketones is 1. The predicted octanol–water partition coefficient (Wildman–Crippen LogP) is 2.53. The lowest BCUT2D eigenvalue weighted by atomic mass is 10.1. The molecule has 21 heavy (non-hydrogen) atoms. The standard InChI is InChI=1S/C15H11NO4S/c1-11(17)12-6-4-7-14(9-12)20-21(18,19)15-8-3-2-5-13(15)10-16/h2-9H,1H3. The molecule has 2 rings (SSSR count). The molecule has 0 radical (unpaired) electrons. The molecule has 0 aliphatic rings. The second kappa shape index (κ2) is 5.77. The van der Waals surface area contributed by atoms with Crippen LogP contribution >= 0.6 is 0 Å². The second-order valence-corrected chi connectivity index (χ2v) is 5.74. The fourth-order valence-electron chi connectivity index (χ4n) is 1.72.